The number of rotatable bonds is 7. The molecule has 0 fully saturated rings. The molecule has 134 valence electrons. The highest BCUT2D eigenvalue weighted by Crippen LogP contribution is 2.33. The predicted octanol–water partition coefficient (Wildman–Crippen LogP) is 4.29. The van der Waals surface area contributed by atoms with Crippen molar-refractivity contribution in [3.05, 3.63) is 45.3 Å². The van der Waals surface area contributed by atoms with Crippen LogP contribution in [0.2, 0.25) is 0 Å². The van der Waals surface area contributed by atoms with Crippen LogP contribution in [0.3, 0.4) is 0 Å². The van der Waals surface area contributed by atoms with E-state index in [0.29, 0.717) is 12.5 Å². The third kappa shape index (κ3) is 4.45. The number of aliphatic hydroxyl groups excluding tert-OH is 1. The maximum atomic E-state index is 10.5. The summed E-state index contributed by atoms with van der Waals surface area (Å²) in [4.78, 5) is 0. The van der Waals surface area contributed by atoms with Gasteiger partial charge >= 0.3 is 0 Å². The second-order valence-electron chi connectivity index (χ2n) is 7.08. The average Bonchev–Trinajstić information content (AvgIpc) is 2.84. The fourth-order valence-corrected chi connectivity index (χ4v) is 4.01. The van der Waals surface area contributed by atoms with E-state index in [2.05, 4.69) is 92.0 Å². The van der Waals surface area contributed by atoms with Crippen LogP contribution in [0.4, 0.5) is 0 Å². The van der Waals surface area contributed by atoms with Crippen LogP contribution in [-0.4, -0.2) is 28.9 Å². The van der Waals surface area contributed by atoms with E-state index in [9.17, 15) is 5.11 Å². The van der Waals surface area contributed by atoms with Crippen molar-refractivity contribution in [3.63, 3.8) is 0 Å². The highest BCUT2D eigenvalue weighted by molar-refractivity contribution is 9.10. The molecule has 0 spiro atoms. The van der Waals surface area contributed by atoms with Crippen LogP contribution in [0, 0.1) is 5.92 Å². The Labute approximate surface area is 165 Å². The van der Waals surface area contributed by atoms with E-state index >= 15 is 0 Å². The van der Waals surface area contributed by atoms with Crippen molar-refractivity contribution in [1.82, 2.24) is 4.57 Å². The zero-order chi connectivity index (χ0) is 18.0. The number of halogens is 2. The predicted molar refractivity (Wildman–Crippen MR) is 112 cm³/mol. The Kier molecular flexibility index (Phi) is 6.21. The van der Waals surface area contributed by atoms with E-state index < -0.39 is 0 Å². The lowest BCUT2D eigenvalue weighted by atomic mass is 10.1. The molecule has 0 aliphatic carbocycles. The third-order valence-corrected chi connectivity index (χ3v) is 5.56. The summed E-state index contributed by atoms with van der Waals surface area (Å²) in [5.41, 5.74) is 2.33. The Morgan fingerprint density at radius 2 is 1.56 bits per heavy atom. The van der Waals surface area contributed by atoms with Gasteiger partial charge in [0, 0.05) is 30.8 Å². The van der Waals surface area contributed by atoms with Gasteiger partial charge in [0.2, 0.25) is 0 Å². The lowest BCUT2D eigenvalue weighted by molar-refractivity contribution is -0.662. The van der Waals surface area contributed by atoms with E-state index in [1.54, 1.807) is 0 Å². The Morgan fingerprint density at radius 3 is 2.08 bits per heavy atom. The Bertz CT molecular complexity index is 814. The molecule has 1 atom stereocenters. The molecule has 0 saturated heterocycles. The first-order chi connectivity index (χ1) is 12.0. The second-order valence-corrected chi connectivity index (χ2v) is 8.91. The number of fused-ring (bicyclic) bond motifs is 3. The van der Waals surface area contributed by atoms with Gasteiger partial charge in [-0.3, -0.25) is 0 Å². The maximum Gasteiger partial charge on any atom is 0.121 e. The fraction of sp³-hybridized carbons (Fsp3) is 0.400. The second kappa shape index (κ2) is 8.21. The molecule has 0 bridgehead atoms. The van der Waals surface area contributed by atoms with Crippen LogP contribution in [0.15, 0.2) is 45.3 Å². The smallest absolute Gasteiger partial charge is 0.121 e. The van der Waals surface area contributed by atoms with Gasteiger partial charge in [0.1, 0.15) is 12.6 Å². The number of aromatic nitrogens is 1. The number of nitrogens with zero attached hydrogens (tertiary/aromatic N) is 1. The van der Waals surface area contributed by atoms with Crippen molar-refractivity contribution in [2.24, 2.45) is 5.92 Å². The Hall–Kier alpha value is -0.880. The van der Waals surface area contributed by atoms with Gasteiger partial charge in [0.15, 0.2) is 0 Å². The van der Waals surface area contributed by atoms with E-state index in [1.807, 2.05) is 0 Å². The molecule has 0 aliphatic heterocycles. The number of aliphatic hydroxyl groups is 1. The van der Waals surface area contributed by atoms with Crippen LogP contribution in [0.25, 0.3) is 21.8 Å². The minimum absolute atomic E-state index is 0.363. The summed E-state index contributed by atoms with van der Waals surface area (Å²) in [7, 11) is 0. The van der Waals surface area contributed by atoms with Crippen LogP contribution in [0.5, 0.6) is 0 Å². The van der Waals surface area contributed by atoms with E-state index in [4.69, 9.17) is 0 Å². The lowest BCUT2D eigenvalue weighted by Gasteiger charge is -2.13. The van der Waals surface area contributed by atoms with Gasteiger partial charge in [-0.05, 0) is 48.7 Å². The van der Waals surface area contributed by atoms with Crippen molar-refractivity contribution in [1.29, 1.82) is 0 Å². The summed E-state index contributed by atoms with van der Waals surface area (Å²) in [5, 5.41) is 15.2. The molecule has 0 saturated carbocycles. The van der Waals surface area contributed by atoms with Gasteiger partial charge in [-0.1, -0.05) is 45.7 Å². The molecule has 0 amide bonds. The van der Waals surface area contributed by atoms with Crippen molar-refractivity contribution < 1.29 is 10.4 Å². The molecule has 3 N–H and O–H groups in total. The van der Waals surface area contributed by atoms with Crippen molar-refractivity contribution in [2.45, 2.75) is 32.9 Å². The van der Waals surface area contributed by atoms with E-state index in [-0.39, 0.29) is 6.10 Å². The minimum Gasteiger partial charge on any atom is -0.385 e. The molecule has 3 nitrogen and oxygen atoms in total. The Balaban J connectivity index is 1.87. The lowest BCUT2D eigenvalue weighted by Crippen LogP contribution is -2.86. The number of hydrogen-bond acceptors (Lipinski definition) is 1. The minimum atomic E-state index is -0.363. The molecular weight excluding hydrogens is 444 g/mol. The molecule has 3 aromatic rings. The number of quaternary nitrogens is 1. The molecule has 1 aromatic heterocycles. The first kappa shape index (κ1) is 18.9. The molecule has 1 heterocycles. The Morgan fingerprint density at radius 1 is 1.00 bits per heavy atom. The third-order valence-electron chi connectivity index (χ3n) is 4.57. The normalized spacial score (nSPS) is 13.2. The molecule has 0 radical (unpaired) electrons. The average molecular weight is 469 g/mol. The molecule has 2 aromatic carbocycles. The largest absolute Gasteiger partial charge is 0.385 e. The van der Waals surface area contributed by atoms with Gasteiger partial charge in [0.05, 0.1) is 13.1 Å². The van der Waals surface area contributed by atoms with Gasteiger partial charge < -0.3 is 15.0 Å². The summed E-state index contributed by atoms with van der Waals surface area (Å²) in [6, 6.07) is 12.7. The monoisotopic (exact) mass is 467 g/mol. The highest BCUT2D eigenvalue weighted by atomic mass is 79.9. The zero-order valence-electron chi connectivity index (χ0n) is 14.7. The highest BCUT2D eigenvalue weighted by Gasteiger charge is 2.15. The topological polar surface area (TPSA) is 41.8 Å². The van der Waals surface area contributed by atoms with Crippen molar-refractivity contribution in [3.8, 4) is 0 Å². The first-order valence-corrected chi connectivity index (χ1v) is 10.4. The quantitative estimate of drug-likeness (QED) is 0.499. The van der Waals surface area contributed by atoms with Crippen LogP contribution in [-0.2, 0) is 6.54 Å². The molecule has 25 heavy (non-hydrogen) atoms. The van der Waals surface area contributed by atoms with E-state index in [0.717, 1.165) is 33.1 Å². The summed E-state index contributed by atoms with van der Waals surface area (Å²) in [6.07, 6.45) is 0.822. The summed E-state index contributed by atoms with van der Waals surface area (Å²) in [5.74, 6) is 0.711. The molecule has 0 aliphatic rings. The van der Waals surface area contributed by atoms with Crippen LogP contribution in [0.1, 0.15) is 20.3 Å². The zero-order valence-corrected chi connectivity index (χ0v) is 17.8. The maximum absolute atomic E-state index is 10.5. The SMILES string of the molecule is CC(C)CC[NH2+]C[C@H](O)Cn1c2ccc(Br)cc2c2cc(Br)ccc21. The van der Waals surface area contributed by atoms with Crippen molar-refractivity contribution in [2.75, 3.05) is 13.1 Å². The van der Waals surface area contributed by atoms with Gasteiger partial charge in [-0.2, -0.15) is 0 Å². The summed E-state index contributed by atoms with van der Waals surface area (Å²) < 4.78 is 4.38. The molecule has 0 unspecified atom stereocenters. The van der Waals surface area contributed by atoms with E-state index in [1.165, 1.54) is 17.2 Å². The van der Waals surface area contributed by atoms with Gasteiger partial charge in [0.25, 0.3) is 0 Å². The number of nitrogens with two attached hydrogens (primary N) is 1. The molecule has 3 rings (SSSR count). The van der Waals surface area contributed by atoms with Crippen LogP contribution < -0.4 is 5.32 Å². The van der Waals surface area contributed by atoms with Gasteiger partial charge in [-0.25, -0.2) is 0 Å². The number of benzene rings is 2. The first-order valence-electron chi connectivity index (χ1n) is 8.82. The summed E-state index contributed by atoms with van der Waals surface area (Å²) in [6.45, 7) is 6.89. The van der Waals surface area contributed by atoms with Crippen molar-refractivity contribution >= 4 is 53.7 Å². The van der Waals surface area contributed by atoms with Gasteiger partial charge in [-0.15, -0.1) is 0 Å². The van der Waals surface area contributed by atoms with Crippen LogP contribution >= 0.6 is 31.9 Å². The molecule has 5 heteroatoms. The fourth-order valence-electron chi connectivity index (χ4n) is 3.29. The molecular formula is C20H25Br2N2O+. The standard InChI is InChI=1S/C20H24Br2N2O/c1-13(2)7-8-23-11-16(25)12-24-19-5-3-14(21)9-17(19)18-10-15(22)4-6-20(18)24/h3-6,9-10,13,16,23,25H,7-8,11-12H2,1-2H3/p+1/t16-/m0/s1. The number of hydrogen-bond donors (Lipinski definition) is 2. The summed E-state index contributed by atoms with van der Waals surface area (Å²) >= 11 is 7.15.